The van der Waals surface area contributed by atoms with Crippen molar-refractivity contribution in [1.82, 2.24) is 0 Å². The molecule has 0 saturated heterocycles. The number of nitrogens with two attached hydrogens (primary N) is 1. The van der Waals surface area contributed by atoms with Gasteiger partial charge in [-0.3, -0.25) is 9.59 Å². The van der Waals surface area contributed by atoms with Crippen molar-refractivity contribution in [3.63, 3.8) is 0 Å². The molecule has 0 aromatic heterocycles. The number of primary amides is 1. The van der Waals surface area contributed by atoms with Gasteiger partial charge in [-0.1, -0.05) is 6.07 Å². The van der Waals surface area contributed by atoms with Gasteiger partial charge < -0.3 is 5.73 Å². The Kier molecular flexibility index (Phi) is 1.45. The SMILES string of the molecule is NC(=O)c1cccc2c1C(=O)N=N2. The highest BCUT2D eigenvalue weighted by atomic mass is 16.2. The summed E-state index contributed by atoms with van der Waals surface area (Å²) >= 11 is 0. The molecule has 0 bridgehead atoms. The largest absolute Gasteiger partial charge is 0.366 e. The van der Waals surface area contributed by atoms with Gasteiger partial charge in [0.2, 0.25) is 5.91 Å². The molecule has 0 saturated carbocycles. The lowest BCUT2D eigenvalue weighted by atomic mass is 10.1. The van der Waals surface area contributed by atoms with Crippen LogP contribution in [0.5, 0.6) is 0 Å². The van der Waals surface area contributed by atoms with Gasteiger partial charge in [0.25, 0.3) is 5.91 Å². The number of carbonyl (C=O) groups excluding carboxylic acids is 2. The molecule has 0 spiro atoms. The van der Waals surface area contributed by atoms with E-state index in [-0.39, 0.29) is 11.1 Å². The van der Waals surface area contributed by atoms with E-state index < -0.39 is 11.8 Å². The lowest BCUT2D eigenvalue weighted by molar-refractivity contribution is 0.0969. The Balaban J connectivity index is 2.71. The van der Waals surface area contributed by atoms with Crippen LogP contribution in [-0.2, 0) is 0 Å². The average Bonchev–Trinajstić information content (AvgIpc) is 2.48. The fourth-order valence-corrected chi connectivity index (χ4v) is 1.20. The molecule has 2 amide bonds. The maximum Gasteiger partial charge on any atom is 0.298 e. The molecule has 0 aliphatic carbocycles. The Labute approximate surface area is 73.3 Å². The first-order valence-electron chi connectivity index (χ1n) is 3.59. The summed E-state index contributed by atoms with van der Waals surface area (Å²) in [6, 6.07) is 4.70. The molecule has 1 aliphatic heterocycles. The zero-order valence-corrected chi connectivity index (χ0v) is 6.52. The van der Waals surface area contributed by atoms with Gasteiger partial charge in [0.15, 0.2) is 0 Å². The molecule has 0 radical (unpaired) electrons. The van der Waals surface area contributed by atoms with Crippen molar-refractivity contribution in [2.24, 2.45) is 16.0 Å². The summed E-state index contributed by atoms with van der Waals surface area (Å²) in [5, 5.41) is 6.92. The van der Waals surface area contributed by atoms with Gasteiger partial charge in [-0.15, -0.1) is 10.2 Å². The van der Waals surface area contributed by atoms with Gasteiger partial charge in [0.05, 0.1) is 16.8 Å². The smallest absolute Gasteiger partial charge is 0.298 e. The Hall–Kier alpha value is -2.04. The Morgan fingerprint density at radius 3 is 2.77 bits per heavy atom. The first-order valence-corrected chi connectivity index (χ1v) is 3.59. The molecule has 5 heteroatoms. The van der Waals surface area contributed by atoms with Gasteiger partial charge in [-0.05, 0) is 12.1 Å². The number of benzene rings is 1. The van der Waals surface area contributed by atoms with Gasteiger partial charge >= 0.3 is 0 Å². The van der Waals surface area contributed by atoms with Crippen LogP contribution in [0.3, 0.4) is 0 Å². The van der Waals surface area contributed by atoms with Crippen molar-refractivity contribution in [3.05, 3.63) is 29.3 Å². The lowest BCUT2D eigenvalue weighted by Gasteiger charge is -1.99. The van der Waals surface area contributed by atoms with Gasteiger partial charge in [0.1, 0.15) is 0 Å². The molecule has 64 valence electrons. The molecule has 0 unspecified atom stereocenters. The lowest BCUT2D eigenvalue weighted by Crippen LogP contribution is -2.14. The second-order valence-corrected chi connectivity index (χ2v) is 2.57. The van der Waals surface area contributed by atoms with E-state index in [9.17, 15) is 9.59 Å². The molecule has 2 N–H and O–H groups in total. The van der Waals surface area contributed by atoms with Gasteiger partial charge in [0, 0.05) is 0 Å². The van der Waals surface area contributed by atoms with Crippen LogP contribution in [0.25, 0.3) is 0 Å². The molecule has 0 fully saturated rings. The van der Waals surface area contributed by atoms with E-state index in [1.165, 1.54) is 6.07 Å². The van der Waals surface area contributed by atoms with E-state index in [0.29, 0.717) is 5.69 Å². The normalized spacial score (nSPS) is 13.1. The van der Waals surface area contributed by atoms with E-state index in [1.54, 1.807) is 12.1 Å². The second-order valence-electron chi connectivity index (χ2n) is 2.57. The number of azo groups is 1. The Bertz CT molecular complexity index is 437. The number of fused-ring (bicyclic) bond motifs is 1. The number of rotatable bonds is 1. The predicted molar refractivity (Wildman–Crippen MR) is 43.8 cm³/mol. The third kappa shape index (κ3) is 1.01. The summed E-state index contributed by atoms with van der Waals surface area (Å²) in [4.78, 5) is 22.0. The molecule has 1 aliphatic rings. The molecule has 13 heavy (non-hydrogen) atoms. The van der Waals surface area contributed by atoms with E-state index >= 15 is 0 Å². The maximum atomic E-state index is 11.1. The van der Waals surface area contributed by atoms with Crippen LogP contribution in [0, 0.1) is 0 Å². The fourth-order valence-electron chi connectivity index (χ4n) is 1.20. The van der Waals surface area contributed by atoms with Crippen LogP contribution in [0.2, 0.25) is 0 Å². The molecular weight excluding hydrogens is 170 g/mol. The second kappa shape index (κ2) is 2.48. The molecule has 1 heterocycles. The highest BCUT2D eigenvalue weighted by Gasteiger charge is 2.23. The van der Waals surface area contributed by atoms with Crippen LogP contribution in [0.4, 0.5) is 5.69 Å². The summed E-state index contributed by atoms with van der Waals surface area (Å²) in [6.45, 7) is 0. The van der Waals surface area contributed by atoms with E-state index in [2.05, 4.69) is 10.2 Å². The van der Waals surface area contributed by atoms with Crippen molar-refractivity contribution in [3.8, 4) is 0 Å². The summed E-state index contributed by atoms with van der Waals surface area (Å²) in [5.41, 5.74) is 5.86. The first kappa shape index (κ1) is 7.60. The highest BCUT2D eigenvalue weighted by Crippen LogP contribution is 2.28. The number of amides is 2. The molecule has 2 rings (SSSR count). The monoisotopic (exact) mass is 175 g/mol. The summed E-state index contributed by atoms with van der Waals surface area (Å²) < 4.78 is 0. The molecule has 1 aromatic carbocycles. The zero-order valence-electron chi connectivity index (χ0n) is 6.52. The number of nitrogens with zero attached hydrogens (tertiary/aromatic N) is 2. The standard InChI is InChI=1S/C8H5N3O2/c9-7(12)4-2-1-3-5-6(4)8(13)11-10-5/h1-3H,(H2,9,12). The van der Waals surface area contributed by atoms with Crippen molar-refractivity contribution >= 4 is 17.5 Å². The molecular formula is C8H5N3O2. The minimum Gasteiger partial charge on any atom is -0.366 e. The van der Waals surface area contributed by atoms with Crippen LogP contribution >= 0.6 is 0 Å². The van der Waals surface area contributed by atoms with Crippen LogP contribution in [0.1, 0.15) is 20.7 Å². The summed E-state index contributed by atoms with van der Waals surface area (Å²) in [6.07, 6.45) is 0. The summed E-state index contributed by atoms with van der Waals surface area (Å²) in [7, 11) is 0. The number of hydrogen-bond acceptors (Lipinski definition) is 3. The average molecular weight is 175 g/mol. The molecule has 5 nitrogen and oxygen atoms in total. The zero-order chi connectivity index (χ0) is 9.42. The fraction of sp³-hybridized carbons (Fsp3) is 0. The van der Waals surface area contributed by atoms with Crippen molar-refractivity contribution in [2.75, 3.05) is 0 Å². The minimum absolute atomic E-state index is 0.174. The summed E-state index contributed by atoms with van der Waals surface area (Å²) in [5.74, 6) is -1.15. The highest BCUT2D eigenvalue weighted by molar-refractivity contribution is 6.11. The van der Waals surface area contributed by atoms with Crippen LogP contribution < -0.4 is 5.73 Å². The van der Waals surface area contributed by atoms with E-state index in [1.807, 2.05) is 0 Å². The van der Waals surface area contributed by atoms with Crippen molar-refractivity contribution < 1.29 is 9.59 Å². The van der Waals surface area contributed by atoms with Gasteiger partial charge in [-0.2, -0.15) is 0 Å². The van der Waals surface area contributed by atoms with Crippen LogP contribution in [0.15, 0.2) is 28.4 Å². The van der Waals surface area contributed by atoms with E-state index in [4.69, 9.17) is 5.73 Å². The Morgan fingerprint density at radius 1 is 1.31 bits per heavy atom. The molecule has 0 atom stereocenters. The van der Waals surface area contributed by atoms with Gasteiger partial charge in [-0.25, -0.2) is 0 Å². The number of carbonyl (C=O) groups is 2. The first-order chi connectivity index (χ1) is 6.20. The van der Waals surface area contributed by atoms with E-state index in [0.717, 1.165) is 0 Å². The third-order valence-electron chi connectivity index (χ3n) is 1.77. The quantitative estimate of drug-likeness (QED) is 0.690. The number of hydrogen-bond donors (Lipinski definition) is 1. The topological polar surface area (TPSA) is 84.9 Å². The van der Waals surface area contributed by atoms with Crippen LogP contribution in [-0.4, -0.2) is 11.8 Å². The Morgan fingerprint density at radius 2 is 2.08 bits per heavy atom. The van der Waals surface area contributed by atoms with Crippen molar-refractivity contribution in [1.29, 1.82) is 0 Å². The molecule has 1 aromatic rings. The maximum absolute atomic E-state index is 11.1. The van der Waals surface area contributed by atoms with Crippen molar-refractivity contribution in [2.45, 2.75) is 0 Å². The minimum atomic E-state index is -0.641. The predicted octanol–water partition coefficient (Wildman–Crippen LogP) is 1.02. The third-order valence-corrected chi connectivity index (χ3v) is 1.77.